The number of benzene rings is 2. The number of hydrogen-bond donors (Lipinski definition) is 1. The average molecular weight is 383 g/mol. The van der Waals surface area contributed by atoms with E-state index in [2.05, 4.69) is 11.0 Å². The molecule has 3 rings (SSSR count). The number of nitrogens with two attached hydrogens (primary N) is 1. The fourth-order valence-electron chi connectivity index (χ4n) is 3.55. The Balaban J connectivity index is 1.50. The lowest BCUT2D eigenvalue weighted by Gasteiger charge is -2.19. The van der Waals surface area contributed by atoms with Crippen LogP contribution in [0.1, 0.15) is 29.9 Å². The molecule has 0 saturated carbocycles. The van der Waals surface area contributed by atoms with Gasteiger partial charge in [-0.1, -0.05) is 29.8 Å². The van der Waals surface area contributed by atoms with Gasteiger partial charge in [0.25, 0.3) is 0 Å². The molecule has 1 aliphatic rings. The molecule has 140 valence electrons. The molecular weight excluding hydrogens is 361 g/mol. The van der Waals surface area contributed by atoms with Gasteiger partial charge < -0.3 is 10.6 Å². The average Bonchev–Trinajstić information content (AvgIpc) is 3.07. The van der Waals surface area contributed by atoms with Crippen molar-refractivity contribution in [2.75, 3.05) is 19.6 Å². The third-order valence-corrected chi connectivity index (χ3v) is 5.35. The molecule has 2 nitrogen and oxygen atoms in total. The van der Waals surface area contributed by atoms with E-state index in [4.69, 9.17) is 17.3 Å². The quantitative estimate of drug-likeness (QED) is 0.745. The first-order valence-corrected chi connectivity index (χ1v) is 9.17. The van der Waals surface area contributed by atoms with Crippen LogP contribution in [0.25, 0.3) is 0 Å². The van der Waals surface area contributed by atoms with Crippen LogP contribution in [0.4, 0.5) is 13.2 Å². The third-order valence-electron chi connectivity index (χ3n) is 5.00. The second kappa shape index (κ2) is 8.42. The third kappa shape index (κ3) is 4.58. The van der Waals surface area contributed by atoms with E-state index in [-0.39, 0.29) is 18.0 Å². The summed E-state index contributed by atoms with van der Waals surface area (Å²) < 4.78 is 40.0. The summed E-state index contributed by atoms with van der Waals surface area (Å²) in [6, 6.07) is 9.05. The summed E-state index contributed by atoms with van der Waals surface area (Å²) in [5.74, 6) is -2.57. The monoisotopic (exact) mass is 382 g/mol. The van der Waals surface area contributed by atoms with Crippen molar-refractivity contribution in [1.82, 2.24) is 4.90 Å². The van der Waals surface area contributed by atoms with Crippen LogP contribution in [-0.4, -0.2) is 30.6 Å². The van der Waals surface area contributed by atoms with Crippen LogP contribution in [0, 0.1) is 17.5 Å². The summed E-state index contributed by atoms with van der Waals surface area (Å²) in [4.78, 5) is 2.31. The minimum absolute atomic E-state index is 0.117. The van der Waals surface area contributed by atoms with Gasteiger partial charge >= 0.3 is 0 Å². The van der Waals surface area contributed by atoms with Crippen LogP contribution < -0.4 is 5.73 Å². The molecule has 0 radical (unpaired) electrons. The maximum Gasteiger partial charge on any atom is 0.161 e. The molecule has 2 aromatic rings. The first-order chi connectivity index (χ1) is 12.4. The van der Waals surface area contributed by atoms with Gasteiger partial charge in [-0.2, -0.15) is 0 Å². The highest BCUT2D eigenvalue weighted by Crippen LogP contribution is 2.32. The Morgan fingerprint density at radius 3 is 2.62 bits per heavy atom. The molecule has 0 spiro atoms. The van der Waals surface area contributed by atoms with E-state index in [1.807, 2.05) is 18.2 Å². The van der Waals surface area contributed by atoms with Gasteiger partial charge in [-0.05, 0) is 61.5 Å². The molecule has 1 unspecified atom stereocenters. The minimum atomic E-state index is -1.18. The molecule has 2 atom stereocenters. The normalized spacial score (nSPS) is 19.0. The Hall–Kier alpha value is -1.56. The van der Waals surface area contributed by atoms with Crippen molar-refractivity contribution in [3.05, 3.63) is 70.0 Å². The van der Waals surface area contributed by atoms with Gasteiger partial charge in [0, 0.05) is 23.7 Å². The van der Waals surface area contributed by atoms with Crippen LogP contribution in [0.2, 0.25) is 5.02 Å². The Bertz CT molecular complexity index is 769. The summed E-state index contributed by atoms with van der Waals surface area (Å²) in [6.45, 7) is 2.66. The number of hydrogen-bond acceptors (Lipinski definition) is 2. The van der Waals surface area contributed by atoms with Gasteiger partial charge in [-0.15, -0.1) is 0 Å². The molecule has 2 aromatic carbocycles. The minimum Gasteiger partial charge on any atom is -0.327 e. The Morgan fingerprint density at radius 2 is 1.85 bits per heavy atom. The van der Waals surface area contributed by atoms with E-state index in [1.54, 1.807) is 0 Å². The van der Waals surface area contributed by atoms with Gasteiger partial charge in [-0.25, -0.2) is 13.2 Å². The first kappa shape index (κ1) is 19.2. The predicted molar refractivity (Wildman–Crippen MR) is 97.9 cm³/mol. The van der Waals surface area contributed by atoms with Gasteiger partial charge in [-0.3, -0.25) is 0 Å². The lowest BCUT2D eigenvalue weighted by atomic mass is 9.98. The SMILES string of the molecule is N[C@@H](CCN1CCC(c2ccccc2Cl)C1)Cc1cc(F)c(F)cc1F. The van der Waals surface area contributed by atoms with E-state index in [1.165, 1.54) is 5.56 Å². The standard InChI is InChI=1S/C20H22ClF3N2/c21-17-4-2-1-3-16(17)13-5-7-26(12-13)8-6-15(25)9-14-10-19(23)20(24)11-18(14)22/h1-4,10-11,13,15H,5-9,12,25H2/t13?,15-/m0/s1. The summed E-state index contributed by atoms with van der Waals surface area (Å²) in [6.07, 6.45) is 1.88. The van der Waals surface area contributed by atoms with Crippen molar-refractivity contribution < 1.29 is 13.2 Å². The molecule has 0 aliphatic carbocycles. The molecule has 1 heterocycles. The first-order valence-electron chi connectivity index (χ1n) is 8.80. The van der Waals surface area contributed by atoms with E-state index in [0.717, 1.165) is 37.1 Å². The number of likely N-dealkylation sites (tertiary alicyclic amines) is 1. The van der Waals surface area contributed by atoms with Crippen LogP contribution in [-0.2, 0) is 6.42 Å². The zero-order valence-corrected chi connectivity index (χ0v) is 15.2. The van der Waals surface area contributed by atoms with Crippen molar-refractivity contribution in [3.8, 4) is 0 Å². The predicted octanol–water partition coefficient (Wildman–Crippen LogP) is 4.51. The molecule has 6 heteroatoms. The summed E-state index contributed by atoms with van der Waals surface area (Å²) >= 11 is 6.28. The van der Waals surface area contributed by atoms with Crippen molar-refractivity contribution in [2.24, 2.45) is 5.73 Å². The van der Waals surface area contributed by atoms with E-state index in [0.29, 0.717) is 18.4 Å². The van der Waals surface area contributed by atoms with Crippen LogP contribution in [0.15, 0.2) is 36.4 Å². The van der Waals surface area contributed by atoms with Gasteiger partial charge in [0.1, 0.15) is 5.82 Å². The lowest BCUT2D eigenvalue weighted by molar-refractivity contribution is 0.316. The van der Waals surface area contributed by atoms with Crippen LogP contribution in [0.5, 0.6) is 0 Å². The second-order valence-electron chi connectivity index (χ2n) is 6.92. The maximum atomic E-state index is 13.7. The zero-order valence-electron chi connectivity index (χ0n) is 14.4. The highest BCUT2D eigenvalue weighted by atomic mass is 35.5. The fourth-order valence-corrected chi connectivity index (χ4v) is 3.84. The molecule has 0 amide bonds. The number of rotatable bonds is 6. The summed E-state index contributed by atoms with van der Waals surface area (Å²) in [5, 5.41) is 0.796. The Kier molecular flexibility index (Phi) is 6.22. The molecule has 0 bridgehead atoms. The van der Waals surface area contributed by atoms with Gasteiger partial charge in [0.05, 0.1) is 0 Å². The second-order valence-corrected chi connectivity index (χ2v) is 7.33. The molecule has 2 N–H and O–H groups in total. The fraction of sp³-hybridized carbons (Fsp3) is 0.400. The van der Waals surface area contributed by atoms with Crippen LogP contribution in [0.3, 0.4) is 0 Å². The van der Waals surface area contributed by atoms with Crippen molar-refractivity contribution >= 4 is 11.6 Å². The maximum absolute atomic E-state index is 13.7. The number of nitrogens with zero attached hydrogens (tertiary/aromatic N) is 1. The molecule has 26 heavy (non-hydrogen) atoms. The van der Waals surface area contributed by atoms with E-state index in [9.17, 15) is 13.2 Å². The largest absolute Gasteiger partial charge is 0.327 e. The van der Waals surface area contributed by atoms with Crippen molar-refractivity contribution in [1.29, 1.82) is 0 Å². The Labute approximate surface area is 156 Å². The molecular formula is C20H22ClF3N2. The molecule has 0 aromatic heterocycles. The van der Waals surface area contributed by atoms with E-state index >= 15 is 0 Å². The van der Waals surface area contributed by atoms with Crippen molar-refractivity contribution in [2.45, 2.75) is 31.2 Å². The van der Waals surface area contributed by atoms with Crippen LogP contribution >= 0.6 is 11.6 Å². The smallest absolute Gasteiger partial charge is 0.161 e. The molecule has 1 saturated heterocycles. The van der Waals surface area contributed by atoms with Gasteiger partial charge in [0.2, 0.25) is 0 Å². The zero-order chi connectivity index (χ0) is 18.7. The lowest BCUT2D eigenvalue weighted by Crippen LogP contribution is -2.31. The van der Waals surface area contributed by atoms with Crippen molar-refractivity contribution in [3.63, 3.8) is 0 Å². The highest BCUT2D eigenvalue weighted by Gasteiger charge is 2.25. The molecule has 1 aliphatic heterocycles. The molecule has 1 fully saturated rings. The van der Waals surface area contributed by atoms with E-state index < -0.39 is 17.5 Å². The topological polar surface area (TPSA) is 29.3 Å². The Morgan fingerprint density at radius 1 is 1.12 bits per heavy atom. The number of halogens is 4. The summed E-state index contributed by atoms with van der Waals surface area (Å²) in [7, 11) is 0. The summed E-state index contributed by atoms with van der Waals surface area (Å²) in [5.41, 5.74) is 7.37. The van der Waals surface area contributed by atoms with Gasteiger partial charge in [0.15, 0.2) is 11.6 Å². The highest BCUT2D eigenvalue weighted by molar-refractivity contribution is 6.31.